The normalized spacial score (nSPS) is 18.7. The van der Waals surface area contributed by atoms with Crippen LogP contribution in [0.4, 0.5) is 5.13 Å². The van der Waals surface area contributed by atoms with Crippen molar-refractivity contribution in [1.82, 2.24) is 4.98 Å². The molecule has 3 heterocycles. The SMILES string of the molecule is CCOc1cc(/C=C2\SC(=N)N(c3nccs3)C2=O)ccc1OCC[NH+]1CCOCC1. The van der Waals surface area contributed by atoms with Crippen LogP contribution < -0.4 is 19.3 Å². The molecule has 10 heteroatoms. The number of nitrogens with zero attached hydrogens (tertiary/aromatic N) is 2. The minimum atomic E-state index is -0.239. The fraction of sp³-hybridized carbons (Fsp3) is 0.381. The van der Waals surface area contributed by atoms with E-state index in [1.165, 1.54) is 21.1 Å². The van der Waals surface area contributed by atoms with Gasteiger partial charge in [0.2, 0.25) is 0 Å². The van der Waals surface area contributed by atoms with Gasteiger partial charge in [-0.1, -0.05) is 6.07 Å². The zero-order valence-electron chi connectivity index (χ0n) is 17.3. The Kier molecular flexibility index (Phi) is 7.23. The van der Waals surface area contributed by atoms with E-state index < -0.39 is 0 Å². The van der Waals surface area contributed by atoms with Gasteiger partial charge in [-0.15, -0.1) is 11.3 Å². The first-order valence-electron chi connectivity index (χ1n) is 10.2. The molecule has 0 atom stereocenters. The Bertz CT molecular complexity index is 958. The number of aromatic nitrogens is 1. The van der Waals surface area contributed by atoms with Crippen molar-refractivity contribution in [1.29, 1.82) is 5.41 Å². The van der Waals surface area contributed by atoms with Crippen LogP contribution in [0.2, 0.25) is 0 Å². The topological polar surface area (TPSA) is 89.2 Å². The highest BCUT2D eigenvalue weighted by atomic mass is 32.2. The monoisotopic (exact) mass is 461 g/mol. The van der Waals surface area contributed by atoms with E-state index in [0.29, 0.717) is 34.7 Å². The van der Waals surface area contributed by atoms with E-state index in [0.717, 1.165) is 50.2 Å². The van der Waals surface area contributed by atoms with Gasteiger partial charge in [0, 0.05) is 11.6 Å². The van der Waals surface area contributed by atoms with Gasteiger partial charge in [0.25, 0.3) is 5.91 Å². The number of anilines is 1. The Morgan fingerprint density at radius 2 is 2.13 bits per heavy atom. The molecule has 1 aromatic heterocycles. The molecule has 2 N–H and O–H groups in total. The lowest BCUT2D eigenvalue weighted by atomic mass is 10.2. The molecule has 164 valence electrons. The van der Waals surface area contributed by atoms with E-state index in [-0.39, 0.29) is 11.1 Å². The van der Waals surface area contributed by atoms with Crippen LogP contribution in [0.1, 0.15) is 12.5 Å². The van der Waals surface area contributed by atoms with Crippen molar-refractivity contribution in [2.45, 2.75) is 6.92 Å². The predicted octanol–water partition coefficient (Wildman–Crippen LogP) is 1.89. The summed E-state index contributed by atoms with van der Waals surface area (Å²) in [5.74, 6) is 1.10. The number of amides is 1. The van der Waals surface area contributed by atoms with Crippen LogP contribution in [0.3, 0.4) is 0 Å². The number of amidine groups is 1. The number of carbonyl (C=O) groups is 1. The third kappa shape index (κ3) is 5.27. The molecule has 2 aliphatic heterocycles. The molecule has 0 aliphatic carbocycles. The average Bonchev–Trinajstić information content (AvgIpc) is 3.38. The van der Waals surface area contributed by atoms with E-state index in [1.807, 2.05) is 25.1 Å². The summed E-state index contributed by atoms with van der Waals surface area (Å²) in [6.07, 6.45) is 3.40. The maximum absolute atomic E-state index is 12.8. The summed E-state index contributed by atoms with van der Waals surface area (Å²) in [4.78, 5) is 20.2. The summed E-state index contributed by atoms with van der Waals surface area (Å²) in [5, 5.41) is 10.6. The van der Waals surface area contributed by atoms with Gasteiger partial charge in [-0.05, 0) is 42.5 Å². The summed E-state index contributed by atoms with van der Waals surface area (Å²) in [6, 6.07) is 5.65. The number of thioether (sulfide) groups is 1. The lowest BCUT2D eigenvalue weighted by Gasteiger charge is -2.23. The number of carbonyl (C=O) groups excluding carboxylic acids is 1. The van der Waals surface area contributed by atoms with Crippen molar-refractivity contribution >= 4 is 45.4 Å². The molecule has 0 radical (unpaired) electrons. The van der Waals surface area contributed by atoms with E-state index in [9.17, 15) is 4.79 Å². The molecule has 2 saturated heterocycles. The third-order valence-electron chi connectivity index (χ3n) is 4.91. The largest absolute Gasteiger partial charge is 0.490 e. The maximum Gasteiger partial charge on any atom is 0.273 e. The first kappa shape index (κ1) is 21.8. The van der Waals surface area contributed by atoms with Crippen molar-refractivity contribution in [3.05, 3.63) is 40.2 Å². The second-order valence-electron chi connectivity index (χ2n) is 6.97. The number of nitrogens with one attached hydrogen (secondary N) is 2. The Labute approximate surface area is 189 Å². The molecule has 8 nitrogen and oxygen atoms in total. The van der Waals surface area contributed by atoms with Gasteiger partial charge in [0.1, 0.15) is 26.2 Å². The highest BCUT2D eigenvalue weighted by Gasteiger charge is 2.35. The Morgan fingerprint density at radius 3 is 2.87 bits per heavy atom. The molecule has 0 saturated carbocycles. The molecule has 1 amide bonds. The first-order chi connectivity index (χ1) is 15.2. The number of hydrogen-bond acceptors (Lipinski definition) is 8. The average molecular weight is 462 g/mol. The zero-order chi connectivity index (χ0) is 21.6. The second-order valence-corrected chi connectivity index (χ2v) is 8.87. The van der Waals surface area contributed by atoms with Crippen LogP contribution in [-0.2, 0) is 9.53 Å². The van der Waals surface area contributed by atoms with Crippen LogP contribution >= 0.6 is 23.1 Å². The molecule has 31 heavy (non-hydrogen) atoms. The van der Waals surface area contributed by atoms with Gasteiger partial charge in [-0.3, -0.25) is 10.2 Å². The van der Waals surface area contributed by atoms with Gasteiger partial charge in [-0.2, -0.15) is 0 Å². The van der Waals surface area contributed by atoms with Crippen molar-refractivity contribution in [2.75, 3.05) is 51.0 Å². The Morgan fingerprint density at radius 1 is 1.29 bits per heavy atom. The molecule has 2 aliphatic rings. The van der Waals surface area contributed by atoms with Gasteiger partial charge >= 0.3 is 0 Å². The van der Waals surface area contributed by atoms with Crippen LogP contribution in [0.5, 0.6) is 11.5 Å². The van der Waals surface area contributed by atoms with Crippen molar-refractivity contribution < 1.29 is 23.9 Å². The molecular formula is C21H25N4O4S2+. The van der Waals surface area contributed by atoms with Gasteiger partial charge in [0.05, 0.1) is 24.7 Å². The van der Waals surface area contributed by atoms with Crippen LogP contribution in [0.25, 0.3) is 6.08 Å². The summed E-state index contributed by atoms with van der Waals surface area (Å²) in [7, 11) is 0. The van der Waals surface area contributed by atoms with Crippen molar-refractivity contribution in [3.8, 4) is 11.5 Å². The quantitative estimate of drug-likeness (QED) is 0.584. The van der Waals surface area contributed by atoms with Gasteiger partial charge < -0.3 is 19.1 Å². The smallest absolute Gasteiger partial charge is 0.273 e. The molecule has 4 rings (SSSR count). The Balaban J connectivity index is 1.45. The van der Waals surface area contributed by atoms with E-state index in [1.54, 1.807) is 17.7 Å². The number of benzene rings is 1. The molecule has 0 bridgehead atoms. The molecule has 0 spiro atoms. The maximum atomic E-state index is 12.8. The molecule has 0 unspecified atom stereocenters. The van der Waals surface area contributed by atoms with Crippen LogP contribution in [0.15, 0.2) is 34.7 Å². The fourth-order valence-corrected chi connectivity index (χ4v) is 4.90. The van der Waals surface area contributed by atoms with Crippen LogP contribution in [0, 0.1) is 5.41 Å². The van der Waals surface area contributed by atoms with E-state index >= 15 is 0 Å². The summed E-state index contributed by atoms with van der Waals surface area (Å²) < 4.78 is 17.2. The van der Waals surface area contributed by atoms with Crippen molar-refractivity contribution in [3.63, 3.8) is 0 Å². The minimum Gasteiger partial charge on any atom is -0.490 e. The number of hydrogen-bond donors (Lipinski definition) is 2. The van der Waals surface area contributed by atoms with E-state index in [2.05, 4.69) is 4.98 Å². The van der Waals surface area contributed by atoms with Crippen LogP contribution in [-0.4, -0.2) is 62.1 Å². The second kappa shape index (κ2) is 10.3. The number of quaternary nitrogens is 1. The predicted molar refractivity (Wildman–Crippen MR) is 122 cm³/mol. The third-order valence-corrected chi connectivity index (χ3v) is 6.56. The van der Waals surface area contributed by atoms with Crippen molar-refractivity contribution in [2.24, 2.45) is 0 Å². The number of ether oxygens (including phenoxy) is 3. The van der Waals surface area contributed by atoms with Gasteiger partial charge in [0.15, 0.2) is 21.8 Å². The van der Waals surface area contributed by atoms with E-state index in [4.69, 9.17) is 19.6 Å². The molecule has 2 aromatic rings. The standard InChI is InChI=1S/C21H24N4O4S2/c1-2-28-17-13-15(3-4-16(17)29-11-8-24-6-9-27-10-7-24)14-18-19(26)25(20(22)31-18)21-23-5-12-30-21/h3-5,12-14,22H,2,6-11H2,1H3/p+1/b18-14-,22-20?. The minimum absolute atomic E-state index is 0.154. The molecular weight excluding hydrogens is 436 g/mol. The molecule has 1 aromatic carbocycles. The summed E-state index contributed by atoms with van der Waals surface area (Å²) >= 11 is 2.46. The number of rotatable bonds is 8. The first-order valence-corrected chi connectivity index (χ1v) is 11.9. The summed E-state index contributed by atoms with van der Waals surface area (Å²) in [6.45, 7) is 7.58. The number of thiazole rings is 1. The molecule has 2 fully saturated rings. The highest BCUT2D eigenvalue weighted by Crippen LogP contribution is 2.37. The lowest BCUT2D eigenvalue weighted by Crippen LogP contribution is -3.14. The highest BCUT2D eigenvalue weighted by molar-refractivity contribution is 8.19. The summed E-state index contributed by atoms with van der Waals surface area (Å²) in [5.41, 5.74) is 0.819. The lowest BCUT2D eigenvalue weighted by molar-refractivity contribution is -0.908. The fourth-order valence-electron chi connectivity index (χ4n) is 3.36. The zero-order valence-corrected chi connectivity index (χ0v) is 18.9. The Hall–Kier alpha value is -2.40. The van der Waals surface area contributed by atoms with Gasteiger partial charge in [-0.25, -0.2) is 9.88 Å². The number of morpholine rings is 1.